The number of nitriles is 1. The smallest absolute Gasteiger partial charge is 0.317 e. The predicted molar refractivity (Wildman–Crippen MR) is 89.1 cm³/mol. The average Bonchev–Trinajstić information content (AvgIpc) is 2.61. The molecule has 1 aliphatic rings. The molecule has 0 spiro atoms. The molecule has 0 aromatic heterocycles. The van der Waals surface area contributed by atoms with Gasteiger partial charge in [0.15, 0.2) is 0 Å². The van der Waals surface area contributed by atoms with Gasteiger partial charge in [0, 0.05) is 19.5 Å². The van der Waals surface area contributed by atoms with Crippen molar-refractivity contribution in [3.8, 4) is 6.07 Å². The van der Waals surface area contributed by atoms with Gasteiger partial charge in [0.1, 0.15) is 0 Å². The summed E-state index contributed by atoms with van der Waals surface area (Å²) < 4.78 is 0. The van der Waals surface area contributed by atoms with Crippen molar-refractivity contribution in [2.75, 3.05) is 13.1 Å². The minimum Gasteiger partial charge on any atom is -0.481 e. The molecule has 128 valence electrons. The fourth-order valence-corrected chi connectivity index (χ4v) is 3.00. The summed E-state index contributed by atoms with van der Waals surface area (Å²) in [4.78, 5) is 25.3. The van der Waals surface area contributed by atoms with E-state index in [-0.39, 0.29) is 18.6 Å². The first-order valence-electron chi connectivity index (χ1n) is 8.32. The van der Waals surface area contributed by atoms with Gasteiger partial charge in [-0.15, -0.1) is 0 Å². The number of hydrogen-bond acceptors (Lipinski definition) is 3. The van der Waals surface area contributed by atoms with E-state index in [2.05, 4.69) is 11.4 Å². The van der Waals surface area contributed by atoms with Crippen LogP contribution >= 0.6 is 0 Å². The highest BCUT2D eigenvalue weighted by Gasteiger charge is 2.29. The van der Waals surface area contributed by atoms with Gasteiger partial charge in [-0.25, -0.2) is 4.79 Å². The summed E-state index contributed by atoms with van der Waals surface area (Å²) in [6.07, 6.45) is 3.15. The molecule has 6 nitrogen and oxygen atoms in total. The highest BCUT2D eigenvalue weighted by Crippen LogP contribution is 2.21. The van der Waals surface area contributed by atoms with Gasteiger partial charge in [-0.2, -0.15) is 5.26 Å². The molecule has 2 N–H and O–H groups in total. The van der Waals surface area contributed by atoms with E-state index in [4.69, 9.17) is 10.4 Å². The number of urea groups is 1. The van der Waals surface area contributed by atoms with Crippen LogP contribution in [0.25, 0.3) is 0 Å². The molecule has 2 atom stereocenters. The molecule has 1 aromatic rings. The summed E-state index contributed by atoms with van der Waals surface area (Å²) in [6, 6.07) is 11.4. The normalized spacial score (nSPS) is 18.5. The second kappa shape index (κ2) is 8.92. The Balaban J connectivity index is 2.01. The zero-order valence-corrected chi connectivity index (χ0v) is 13.6. The lowest BCUT2D eigenvalue weighted by molar-refractivity contribution is -0.143. The summed E-state index contributed by atoms with van der Waals surface area (Å²) in [5, 5.41) is 20.9. The number of nitrogens with zero attached hydrogens (tertiary/aromatic N) is 2. The van der Waals surface area contributed by atoms with Crippen LogP contribution in [0.2, 0.25) is 0 Å². The highest BCUT2D eigenvalue weighted by atomic mass is 16.4. The maximum atomic E-state index is 12.5. The minimum atomic E-state index is -0.846. The average molecular weight is 329 g/mol. The number of likely N-dealkylation sites (tertiary alicyclic amines) is 1. The van der Waals surface area contributed by atoms with Crippen LogP contribution in [0.15, 0.2) is 30.3 Å². The molecular formula is C18H23N3O3. The fourth-order valence-electron chi connectivity index (χ4n) is 3.00. The molecule has 2 rings (SSSR count). The number of nitrogens with one attached hydrogen (secondary N) is 1. The van der Waals surface area contributed by atoms with Gasteiger partial charge in [-0.1, -0.05) is 30.3 Å². The third kappa shape index (κ3) is 4.98. The Morgan fingerprint density at radius 1 is 1.38 bits per heavy atom. The van der Waals surface area contributed by atoms with E-state index in [1.165, 1.54) is 0 Å². The van der Waals surface area contributed by atoms with Crippen molar-refractivity contribution in [3.05, 3.63) is 35.9 Å². The van der Waals surface area contributed by atoms with Crippen LogP contribution < -0.4 is 5.32 Å². The van der Waals surface area contributed by atoms with Crippen LogP contribution in [0.3, 0.4) is 0 Å². The molecule has 6 heteroatoms. The van der Waals surface area contributed by atoms with Crippen LogP contribution in [0, 0.1) is 17.2 Å². The number of carbonyl (C=O) groups excluding carboxylic acids is 1. The monoisotopic (exact) mass is 329 g/mol. The summed E-state index contributed by atoms with van der Waals surface area (Å²) in [5.41, 5.74) is 0.996. The largest absolute Gasteiger partial charge is 0.481 e. The van der Waals surface area contributed by atoms with Gasteiger partial charge in [0.25, 0.3) is 0 Å². The number of carboxylic acid groups (broad SMARTS) is 1. The van der Waals surface area contributed by atoms with Crippen LogP contribution in [-0.4, -0.2) is 35.1 Å². The first kappa shape index (κ1) is 17.8. The van der Waals surface area contributed by atoms with Crippen molar-refractivity contribution < 1.29 is 14.7 Å². The number of hydrogen-bond donors (Lipinski definition) is 2. The number of amides is 2. The second-order valence-corrected chi connectivity index (χ2v) is 6.09. The van der Waals surface area contributed by atoms with Crippen LogP contribution in [0.1, 0.15) is 43.7 Å². The van der Waals surface area contributed by atoms with Gasteiger partial charge in [0.2, 0.25) is 0 Å². The molecule has 0 radical (unpaired) electrons. The van der Waals surface area contributed by atoms with Crippen molar-refractivity contribution in [1.29, 1.82) is 5.26 Å². The van der Waals surface area contributed by atoms with E-state index in [0.29, 0.717) is 38.6 Å². The molecule has 1 aromatic carbocycles. The minimum absolute atomic E-state index is 0.169. The molecule has 1 aliphatic heterocycles. The van der Waals surface area contributed by atoms with Crippen molar-refractivity contribution in [3.63, 3.8) is 0 Å². The Morgan fingerprint density at radius 2 is 2.12 bits per heavy atom. The number of carbonyl (C=O) groups is 2. The lowest BCUT2D eigenvalue weighted by Crippen LogP contribution is -2.47. The maximum Gasteiger partial charge on any atom is 0.317 e. The Hall–Kier alpha value is -2.55. The van der Waals surface area contributed by atoms with Crippen LogP contribution in [-0.2, 0) is 4.79 Å². The lowest BCUT2D eigenvalue weighted by Gasteiger charge is -2.32. The van der Waals surface area contributed by atoms with Crippen molar-refractivity contribution in [2.24, 2.45) is 5.92 Å². The molecule has 0 bridgehead atoms. The van der Waals surface area contributed by atoms with E-state index >= 15 is 0 Å². The van der Waals surface area contributed by atoms with Gasteiger partial charge in [0.05, 0.1) is 18.0 Å². The van der Waals surface area contributed by atoms with Crippen molar-refractivity contribution in [2.45, 2.75) is 38.1 Å². The Labute approximate surface area is 142 Å². The summed E-state index contributed by atoms with van der Waals surface area (Å²) in [5.74, 6) is -1.33. The van der Waals surface area contributed by atoms with Gasteiger partial charge >= 0.3 is 12.0 Å². The first-order valence-corrected chi connectivity index (χ1v) is 8.32. The number of carboxylic acids is 1. The number of rotatable bonds is 6. The molecule has 0 saturated carbocycles. The molecule has 0 aliphatic carbocycles. The molecular weight excluding hydrogens is 306 g/mol. The third-order valence-electron chi connectivity index (χ3n) is 4.34. The Bertz CT molecular complexity index is 597. The van der Waals surface area contributed by atoms with Gasteiger partial charge in [-0.05, 0) is 31.2 Å². The van der Waals surface area contributed by atoms with Crippen LogP contribution in [0.5, 0.6) is 0 Å². The zero-order chi connectivity index (χ0) is 17.4. The van der Waals surface area contributed by atoms with Crippen LogP contribution in [0.4, 0.5) is 4.79 Å². The number of unbranched alkanes of at least 4 members (excludes halogenated alkanes) is 1. The molecule has 24 heavy (non-hydrogen) atoms. The van der Waals surface area contributed by atoms with Gasteiger partial charge in [-0.3, -0.25) is 4.79 Å². The number of piperidine rings is 1. The number of benzene rings is 1. The first-order chi connectivity index (χ1) is 11.6. The second-order valence-electron chi connectivity index (χ2n) is 6.09. The summed E-state index contributed by atoms with van der Waals surface area (Å²) in [6.45, 7) is 0.830. The Morgan fingerprint density at radius 3 is 2.79 bits per heavy atom. The van der Waals surface area contributed by atoms with E-state index in [1.54, 1.807) is 4.90 Å². The van der Waals surface area contributed by atoms with E-state index in [0.717, 1.165) is 5.56 Å². The molecule has 1 fully saturated rings. The van der Waals surface area contributed by atoms with E-state index in [1.807, 2.05) is 30.3 Å². The summed E-state index contributed by atoms with van der Waals surface area (Å²) >= 11 is 0. The third-order valence-corrected chi connectivity index (χ3v) is 4.34. The zero-order valence-electron chi connectivity index (χ0n) is 13.6. The molecule has 2 amide bonds. The maximum absolute atomic E-state index is 12.5. The quantitative estimate of drug-likeness (QED) is 0.785. The molecule has 1 heterocycles. The van der Waals surface area contributed by atoms with Crippen molar-refractivity contribution in [1.82, 2.24) is 10.2 Å². The topological polar surface area (TPSA) is 93.4 Å². The predicted octanol–water partition coefficient (Wildman–Crippen LogP) is 2.93. The van der Waals surface area contributed by atoms with E-state index in [9.17, 15) is 9.59 Å². The lowest BCUT2D eigenvalue weighted by atomic mass is 9.98. The summed E-state index contributed by atoms with van der Waals surface area (Å²) in [7, 11) is 0. The van der Waals surface area contributed by atoms with Crippen molar-refractivity contribution >= 4 is 12.0 Å². The fraction of sp³-hybridized carbons (Fsp3) is 0.500. The highest BCUT2D eigenvalue weighted by molar-refractivity contribution is 5.77. The molecule has 1 saturated heterocycles. The van der Waals surface area contributed by atoms with Gasteiger partial charge < -0.3 is 15.3 Å². The SMILES string of the molecule is N#CCCCC(NC(=O)N1CCCC(C(=O)O)C1)c1ccccc1. The Kier molecular flexibility index (Phi) is 6.62. The standard InChI is InChI=1S/C18H23N3O3/c19-11-5-4-10-16(14-7-2-1-3-8-14)20-18(24)21-12-6-9-15(13-21)17(22)23/h1-3,7-8,15-16H,4-6,9-10,12-13H2,(H,20,24)(H,22,23). The van der Waals surface area contributed by atoms with E-state index < -0.39 is 11.9 Å². The molecule has 2 unspecified atom stereocenters. The number of aliphatic carboxylic acids is 1.